The van der Waals surface area contributed by atoms with Crippen molar-refractivity contribution in [2.75, 3.05) is 66.5 Å². The number of nitrogens with two attached hydrogens (primary N) is 5. The number of hydrogen-bond donors (Lipinski definition) is 7. The predicted molar refractivity (Wildman–Crippen MR) is 174 cm³/mol. The maximum atomic E-state index is 13.7. The quantitative estimate of drug-likeness (QED) is 0.0917. The van der Waals surface area contributed by atoms with E-state index >= 15 is 0 Å². The second-order valence-corrected chi connectivity index (χ2v) is 11.2. The van der Waals surface area contributed by atoms with E-state index in [9.17, 15) is 9.59 Å². The molecule has 0 atom stereocenters. The molecule has 0 aliphatic heterocycles. The van der Waals surface area contributed by atoms with E-state index < -0.39 is 11.8 Å². The number of nitrogens with one attached hydrogen (secondary N) is 2. The van der Waals surface area contributed by atoms with Crippen LogP contribution >= 0.6 is 23.5 Å². The Morgan fingerprint density at radius 1 is 0.714 bits per heavy atom. The molecule has 0 unspecified atom stereocenters. The summed E-state index contributed by atoms with van der Waals surface area (Å²) in [6.45, 7) is 3.22. The first-order valence-corrected chi connectivity index (χ1v) is 15.5. The maximum absolute atomic E-state index is 13.7. The number of benzene rings is 3. The number of rotatable bonds is 16. The lowest BCUT2D eigenvalue weighted by Crippen LogP contribution is -2.21. The van der Waals surface area contributed by atoms with Gasteiger partial charge in [0, 0.05) is 42.8 Å². The van der Waals surface area contributed by atoms with Crippen molar-refractivity contribution < 1.29 is 19.1 Å². The molecule has 0 radical (unpaired) electrons. The van der Waals surface area contributed by atoms with E-state index in [2.05, 4.69) is 17.6 Å². The molecule has 0 heterocycles. The number of anilines is 4. The fourth-order valence-corrected chi connectivity index (χ4v) is 5.61. The maximum Gasteiger partial charge on any atom is 0.259 e. The van der Waals surface area contributed by atoms with E-state index in [0.717, 1.165) is 17.1 Å². The van der Waals surface area contributed by atoms with E-state index in [0.29, 0.717) is 39.9 Å². The number of thioether (sulfide) groups is 2. The first-order chi connectivity index (χ1) is 20.3. The molecular formula is C29H39N7O4S2. The minimum absolute atomic E-state index is 0.110. The lowest BCUT2D eigenvalue weighted by atomic mass is 10.1. The van der Waals surface area contributed by atoms with Gasteiger partial charge in [0.05, 0.1) is 32.3 Å². The van der Waals surface area contributed by atoms with E-state index in [1.165, 1.54) is 23.9 Å². The SMILES string of the molecule is CCCSc1c(N)cccc1NC(=O)c1cc(C(=O)Nc2cccc(N)c2SCCN)c(OCCN)cc1OCCN. The normalized spacial score (nSPS) is 10.8. The number of hydrogen-bond acceptors (Lipinski definition) is 11. The van der Waals surface area contributed by atoms with E-state index in [1.54, 1.807) is 48.2 Å². The first kappa shape index (κ1) is 32.9. The molecule has 11 nitrogen and oxygen atoms in total. The standard InChI is InChI=1S/C29H39N7O4S2/c1-2-14-41-26-20(33)5-3-7-22(26)35-28(37)18-16-19(25(40-13-10-31)17-24(18)39-12-9-30)29(38)36-23-8-4-6-21(34)27(23)42-15-11-32/h3-8,16-17H,2,9-15,30-34H2,1H3,(H,35,37)(H,36,38). The molecule has 42 heavy (non-hydrogen) atoms. The molecule has 3 aromatic carbocycles. The number of carbonyl (C=O) groups is 2. The summed E-state index contributed by atoms with van der Waals surface area (Å²) in [5.41, 5.74) is 31.8. The summed E-state index contributed by atoms with van der Waals surface area (Å²) < 4.78 is 11.6. The van der Waals surface area contributed by atoms with Gasteiger partial charge in [-0.1, -0.05) is 19.1 Å². The average molecular weight is 614 g/mol. The van der Waals surface area contributed by atoms with E-state index in [1.807, 2.05) is 0 Å². The number of carbonyl (C=O) groups excluding carboxylic acids is 2. The second kappa shape index (κ2) is 16.7. The van der Waals surface area contributed by atoms with Gasteiger partial charge in [-0.25, -0.2) is 0 Å². The van der Waals surface area contributed by atoms with Gasteiger partial charge >= 0.3 is 0 Å². The number of nitrogen functional groups attached to an aromatic ring is 2. The van der Waals surface area contributed by atoms with Crippen LogP contribution in [0.15, 0.2) is 58.3 Å². The fraction of sp³-hybridized carbons (Fsp3) is 0.310. The van der Waals surface area contributed by atoms with Crippen LogP contribution in [0.1, 0.15) is 34.1 Å². The smallest absolute Gasteiger partial charge is 0.259 e. The van der Waals surface area contributed by atoms with Crippen molar-refractivity contribution >= 4 is 58.1 Å². The van der Waals surface area contributed by atoms with Crippen molar-refractivity contribution in [3.63, 3.8) is 0 Å². The molecule has 0 saturated heterocycles. The van der Waals surface area contributed by atoms with Gasteiger partial charge in [-0.05, 0) is 42.5 Å². The van der Waals surface area contributed by atoms with Crippen LogP contribution in [0.4, 0.5) is 22.7 Å². The molecule has 0 bridgehead atoms. The third kappa shape index (κ3) is 8.69. The first-order valence-electron chi connectivity index (χ1n) is 13.5. The van der Waals surface area contributed by atoms with Crippen LogP contribution in [-0.2, 0) is 0 Å². The lowest BCUT2D eigenvalue weighted by Gasteiger charge is -2.19. The minimum atomic E-state index is -0.509. The van der Waals surface area contributed by atoms with Crippen molar-refractivity contribution in [1.82, 2.24) is 0 Å². The van der Waals surface area contributed by atoms with E-state index in [4.69, 9.17) is 38.1 Å². The highest BCUT2D eigenvalue weighted by Gasteiger charge is 2.24. The van der Waals surface area contributed by atoms with Crippen LogP contribution in [0, 0.1) is 0 Å². The number of ether oxygens (including phenoxy) is 2. The Hall–Kier alpha value is -3.62. The fourth-order valence-electron chi connectivity index (χ4n) is 3.87. The molecule has 3 aromatic rings. The Morgan fingerprint density at radius 3 is 1.62 bits per heavy atom. The molecule has 12 N–H and O–H groups in total. The molecule has 226 valence electrons. The molecule has 0 aliphatic carbocycles. The van der Waals surface area contributed by atoms with Crippen LogP contribution in [0.25, 0.3) is 0 Å². The van der Waals surface area contributed by atoms with Crippen molar-refractivity contribution in [3.05, 3.63) is 59.7 Å². The third-order valence-electron chi connectivity index (χ3n) is 5.72. The average Bonchev–Trinajstić information content (AvgIpc) is 2.98. The Kier molecular flexibility index (Phi) is 13.1. The zero-order valence-electron chi connectivity index (χ0n) is 23.6. The monoisotopic (exact) mass is 613 g/mol. The van der Waals surface area contributed by atoms with Crippen LogP contribution in [0.3, 0.4) is 0 Å². The van der Waals surface area contributed by atoms with Gasteiger partial charge in [-0.2, -0.15) is 0 Å². The zero-order valence-corrected chi connectivity index (χ0v) is 25.2. The summed E-state index contributed by atoms with van der Waals surface area (Å²) in [4.78, 5) is 28.9. The Labute approximate surface area is 254 Å². The van der Waals surface area contributed by atoms with Crippen LogP contribution in [-0.4, -0.2) is 56.2 Å². The van der Waals surface area contributed by atoms with Crippen LogP contribution < -0.4 is 48.8 Å². The molecule has 0 saturated carbocycles. The highest BCUT2D eigenvalue weighted by Crippen LogP contribution is 2.37. The zero-order chi connectivity index (χ0) is 30.5. The van der Waals surface area contributed by atoms with Crippen LogP contribution in [0.5, 0.6) is 11.5 Å². The Balaban J connectivity index is 2.05. The summed E-state index contributed by atoms with van der Waals surface area (Å²) >= 11 is 2.99. The molecule has 0 aromatic heterocycles. The van der Waals surface area contributed by atoms with Crippen molar-refractivity contribution in [2.24, 2.45) is 17.2 Å². The third-order valence-corrected chi connectivity index (χ3v) is 8.26. The van der Waals surface area contributed by atoms with E-state index in [-0.39, 0.29) is 48.9 Å². The Bertz CT molecular complexity index is 1280. The van der Waals surface area contributed by atoms with Crippen molar-refractivity contribution in [3.8, 4) is 11.5 Å². The molecule has 3 rings (SSSR count). The van der Waals surface area contributed by atoms with Gasteiger partial charge in [0.15, 0.2) is 0 Å². The summed E-state index contributed by atoms with van der Waals surface area (Å²) in [7, 11) is 0. The summed E-state index contributed by atoms with van der Waals surface area (Å²) in [5.74, 6) is 0.844. The highest BCUT2D eigenvalue weighted by molar-refractivity contribution is 7.99. The van der Waals surface area contributed by atoms with Gasteiger partial charge in [0.1, 0.15) is 24.7 Å². The Morgan fingerprint density at radius 2 is 1.19 bits per heavy atom. The van der Waals surface area contributed by atoms with Gasteiger partial charge in [-0.15, -0.1) is 23.5 Å². The highest BCUT2D eigenvalue weighted by atomic mass is 32.2. The van der Waals surface area contributed by atoms with Gasteiger partial charge in [0.25, 0.3) is 11.8 Å². The molecule has 2 amide bonds. The van der Waals surface area contributed by atoms with Crippen molar-refractivity contribution in [1.29, 1.82) is 0 Å². The van der Waals surface area contributed by atoms with Gasteiger partial charge in [0.2, 0.25) is 0 Å². The molecule has 13 heteroatoms. The molecule has 0 fully saturated rings. The second-order valence-electron chi connectivity index (χ2n) is 8.96. The molecule has 0 spiro atoms. The minimum Gasteiger partial charge on any atom is -0.491 e. The molecule has 0 aliphatic rings. The van der Waals surface area contributed by atoms with Gasteiger partial charge in [-0.3, -0.25) is 9.59 Å². The predicted octanol–water partition coefficient (Wildman–Crippen LogP) is 3.58. The van der Waals surface area contributed by atoms with Crippen molar-refractivity contribution in [2.45, 2.75) is 23.1 Å². The summed E-state index contributed by atoms with van der Waals surface area (Å²) in [6, 6.07) is 13.5. The summed E-state index contributed by atoms with van der Waals surface area (Å²) in [6.07, 6.45) is 0.936. The van der Waals surface area contributed by atoms with Crippen LogP contribution in [0.2, 0.25) is 0 Å². The molecular weight excluding hydrogens is 574 g/mol. The number of amides is 2. The lowest BCUT2D eigenvalue weighted by molar-refractivity contribution is 0.102. The largest absolute Gasteiger partial charge is 0.491 e. The topological polar surface area (TPSA) is 207 Å². The van der Waals surface area contributed by atoms with Gasteiger partial charge < -0.3 is 48.8 Å². The summed E-state index contributed by atoms with van der Waals surface area (Å²) in [5, 5.41) is 5.84.